The maximum Gasteiger partial charge on any atom is 0.0698 e. The Morgan fingerprint density at radius 1 is 0.636 bits per heavy atom. The first kappa shape index (κ1) is 29.7. The molecular weight excluding hydrogens is 292 g/mol. The zero-order valence-corrected chi connectivity index (χ0v) is 14.8. The Labute approximate surface area is 135 Å². The number of hydrogen-bond donors (Lipinski definition) is 4. The third kappa shape index (κ3) is 73.1. The van der Waals surface area contributed by atoms with Gasteiger partial charge in [-0.1, -0.05) is 13.3 Å². The predicted molar refractivity (Wildman–Crippen MR) is 88.1 cm³/mol. The smallest absolute Gasteiger partial charge is 0.0698 e. The van der Waals surface area contributed by atoms with Gasteiger partial charge in [-0.2, -0.15) is 0 Å². The summed E-state index contributed by atoms with van der Waals surface area (Å²) in [5.41, 5.74) is 0. The lowest BCUT2D eigenvalue weighted by Crippen LogP contribution is -2.03. The van der Waals surface area contributed by atoms with Crippen LogP contribution in [0.4, 0.5) is 0 Å². The second-order valence-corrected chi connectivity index (χ2v) is 3.63. The highest BCUT2D eigenvalue weighted by molar-refractivity contribution is 4.26. The van der Waals surface area contributed by atoms with Crippen molar-refractivity contribution < 1.29 is 34.6 Å². The van der Waals surface area contributed by atoms with E-state index in [0.717, 1.165) is 19.8 Å². The van der Waals surface area contributed by atoms with Crippen LogP contribution in [-0.4, -0.2) is 87.0 Å². The zero-order valence-electron chi connectivity index (χ0n) is 14.8. The molecule has 0 aliphatic rings. The second-order valence-electron chi connectivity index (χ2n) is 3.63. The Morgan fingerprint density at radius 3 is 1.23 bits per heavy atom. The van der Waals surface area contributed by atoms with Crippen LogP contribution in [0.1, 0.15) is 33.6 Å². The molecule has 0 aliphatic heterocycles. The minimum atomic E-state index is -0.125. The van der Waals surface area contributed by atoms with E-state index in [1.54, 1.807) is 7.11 Å². The molecule has 140 valence electrons. The Kier molecular flexibility index (Phi) is 57.8. The van der Waals surface area contributed by atoms with Crippen molar-refractivity contribution in [3.8, 4) is 0 Å². The highest BCUT2D eigenvalue weighted by Crippen LogP contribution is 1.83. The lowest BCUT2D eigenvalue weighted by atomic mass is 10.4. The van der Waals surface area contributed by atoms with Crippen LogP contribution in [0.3, 0.4) is 0 Å². The number of unbranched alkanes of at least 4 members (excludes halogenated alkanes) is 1. The highest BCUT2D eigenvalue weighted by Gasteiger charge is 1.79. The quantitative estimate of drug-likeness (QED) is 0.430. The molecule has 0 amide bonds. The van der Waals surface area contributed by atoms with Gasteiger partial charge in [0.15, 0.2) is 0 Å². The molecule has 0 saturated heterocycles. The van der Waals surface area contributed by atoms with Crippen molar-refractivity contribution in [2.45, 2.75) is 33.6 Å². The molecule has 7 heteroatoms. The van der Waals surface area contributed by atoms with Crippen molar-refractivity contribution in [3.05, 3.63) is 0 Å². The Morgan fingerprint density at radius 2 is 1.09 bits per heavy atom. The van der Waals surface area contributed by atoms with Crippen LogP contribution < -0.4 is 0 Å². The number of rotatable bonds is 10. The topological polar surface area (TPSA) is 109 Å². The average Bonchev–Trinajstić information content (AvgIpc) is 2.55. The van der Waals surface area contributed by atoms with E-state index < -0.39 is 0 Å². The fraction of sp³-hybridized carbons (Fsp3) is 1.00. The van der Waals surface area contributed by atoms with Crippen molar-refractivity contribution in [3.63, 3.8) is 0 Å². The summed E-state index contributed by atoms with van der Waals surface area (Å²) in [6, 6.07) is 0. The standard InChI is InChI=1S/C5H12O.C4H10O3.C4H10O.C2H6O2/c1-3-4-5-6-2;5-1-3-7-4-2-6;1-3-5-4-2;3-1-2-4/h3-5H2,1-2H3;5-6H,1-4H2;3-4H2,1-2H3;3-4H,1-2H2. The molecular formula is C15H38O7. The minimum Gasteiger partial charge on any atom is -0.394 e. The van der Waals surface area contributed by atoms with E-state index in [9.17, 15) is 0 Å². The van der Waals surface area contributed by atoms with Gasteiger partial charge in [0, 0.05) is 26.9 Å². The summed E-state index contributed by atoms with van der Waals surface area (Å²) in [5.74, 6) is 0. The average molecular weight is 330 g/mol. The lowest BCUT2D eigenvalue weighted by Gasteiger charge is -1.94. The molecule has 0 radical (unpaired) electrons. The summed E-state index contributed by atoms with van der Waals surface area (Å²) < 4.78 is 14.2. The van der Waals surface area contributed by atoms with Gasteiger partial charge in [0.05, 0.1) is 39.6 Å². The van der Waals surface area contributed by atoms with Crippen LogP contribution in [-0.2, 0) is 14.2 Å². The van der Waals surface area contributed by atoms with Gasteiger partial charge in [-0.3, -0.25) is 0 Å². The molecule has 7 nitrogen and oxygen atoms in total. The summed E-state index contributed by atoms with van der Waals surface area (Å²) in [7, 11) is 1.73. The maximum absolute atomic E-state index is 8.09. The van der Waals surface area contributed by atoms with Gasteiger partial charge < -0.3 is 34.6 Å². The SMILES string of the molecule is CCCCOC.CCOCC.OCCO.OCCOCCO. The number of ether oxygens (including phenoxy) is 3. The van der Waals surface area contributed by atoms with E-state index in [2.05, 4.69) is 11.7 Å². The fourth-order valence-electron chi connectivity index (χ4n) is 0.724. The molecule has 0 atom stereocenters. The third-order valence-corrected chi connectivity index (χ3v) is 1.68. The van der Waals surface area contributed by atoms with Gasteiger partial charge in [-0.25, -0.2) is 0 Å². The van der Waals surface area contributed by atoms with E-state index in [-0.39, 0.29) is 26.4 Å². The van der Waals surface area contributed by atoms with Crippen LogP contribution in [0.2, 0.25) is 0 Å². The van der Waals surface area contributed by atoms with E-state index in [0.29, 0.717) is 13.2 Å². The van der Waals surface area contributed by atoms with Gasteiger partial charge in [-0.15, -0.1) is 0 Å². The Hall–Kier alpha value is -0.280. The minimum absolute atomic E-state index is 0.0278. The number of aliphatic hydroxyl groups excluding tert-OH is 4. The van der Waals surface area contributed by atoms with E-state index in [4.69, 9.17) is 29.9 Å². The lowest BCUT2D eigenvalue weighted by molar-refractivity contribution is 0.0650. The summed E-state index contributed by atoms with van der Waals surface area (Å²) >= 11 is 0. The van der Waals surface area contributed by atoms with Crippen molar-refractivity contribution in [2.75, 3.05) is 66.6 Å². The van der Waals surface area contributed by atoms with Gasteiger partial charge in [0.25, 0.3) is 0 Å². The molecule has 0 saturated carbocycles. The van der Waals surface area contributed by atoms with Gasteiger partial charge in [0.2, 0.25) is 0 Å². The molecule has 0 unspecified atom stereocenters. The normalized spacial score (nSPS) is 8.73. The first-order valence-electron chi connectivity index (χ1n) is 7.74. The fourth-order valence-corrected chi connectivity index (χ4v) is 0.724. The van der Waals surface area contributed by atoms with Crippen molar-refractivity contribution in [1.82, 2.24) is 0 Å². The monoisotopic (exact) mass is 330 g/mol. The molecule has 0 heterocycles. The maximum atomic E-state index is 8.09. The van der Waals surface area contributed by atoms with Crippen molar-refractivity contribution in [2.24, 2.45) is 0 Å². The zero-order chi connectivity index (χ0) is 17.9. The summed E-state index contributed by atoms with van der Waals surface area (Å²) in [5, 5.41) is 31.4. The largest absolute Gasteiger partial charge is 0.394 e. The predicted octanol–water partition coefficient (Wildman–Crippen LogP) is 0.434. The number of methoxy groups -OCH3 is 1. The molecule has 4 N–H and O–H groups in total. The summed E-state index contributed by atoms with van der Waals surface area (Å²) in [6.45, 7) is 9.18. The van der Waals surface area contributed by atoms with Crippen LogP contribution >= 0.6 is 0 Å². The first-order chi connectivity index (χ1) is 10.7. The Bertz CT molecular complexity index is 114. The molecule has 0 aromatic rings. The van der Waals surface area contributed by atoms with Crippen LogP contribution in [0, 0.1) is 0 Å². The van der Waals surface area contributed by atoms with Crippen LogP contribution in [0.5, 0.6) is 0 Å². The van der Waals surface area contributed by atoms with Gasteiger partial charge in [0.1, 0.15) is 0 Å². The molecule has 0 aromatic carbocycles. The summed E-state index contributed by atoms with van der Waals surface area (Å²) in [6.07, 6.45) is 2.42. The molecule has 0 rings (SSSR count). The third-order valence-electron chi connectivity index (χ3n) is 1.68. The Balaban J connectivity index is -0.000000100. The van der Waals surface area contributed by atoms with Crippen LogP contribution in [0.15, 0.2) is 0 Å². The van der Waals surface area contributed by atoms with Crippen LogP contribution in [0.25, 0.3) is 0 Å². The van der Waals surface area contributed by atoms with E-state index >= 15 is 0 Å². The van der Waals surface area contributed by atoms with Crippen molar-refractivity contribution >= 4 is 0 Å². The summed E-state index contributed by atoms with van der Waals surface area (Å²) in [4.78, 5) is 0. The molecule has 0 aromatic heterocycles. The highest BCUT2D eigenvalue weighted by atomic mass is 16.5. The number of aliphatic hydroxyl groups is 4. The second kappa shape index (κ2) is 42.8. The molecule has 0 aliphatic carbocycles. The first-order valence-corrected chi connectivity index (χ1v) is 7.74. The van der Waals surface area contributed by atoms with Crippen molar-refractivity contribution in [1.29, 1.82) is 0 Å². The molecule has 0 spiro atoms. The van der Waals surface area contributed by atoms with E-state index in [1.165, 1.54) is 12.8 Å². The molecule has 0 fully saturated rings. The molecule has 22 heavy (non-hydrogen) atoms. The number of hydrogen-bond acceptors (Lipinski definition) is 7. The van der Waals surface area contributed by atoms with Gasteiger partial charge in [-0.05, 0) is 20.3 Å². The van der Waals surface area contributed by atoms with Gasteiger partial charge >= 0.3 is 0 Å². The van der Waals surface area contributed by atoms with E-state index in [1.807, 2.05) is 13.8 Å². The molecule has 0 bridgehead atoms.